The van der Waals surface area contributed by atoms with Crippen LogP contribution in [0.1, 0.15) is 48.5 Å². The van der Waals surface area contributed by atoms with E-state index >= 15 is 0 Å². The van der Waals surface area contributed by atoms with E-state index in [1.807, 2.05) is 0 Å². The molecule has 0 radical (unpaired) electrons. The van der Waals surface area contributed by atoms with Gasteiger partial charge in [0, 0.05) is 0 Å². The second-order valence-corrected chi connectivity index (χ2v) is 5.88. The van der Waals surface area contributed by atoms with Crippen LogP contribution in [0.5, 0.6) is 0 Å². The van der Waals surface area contributed by atoms with Gasteiger partial charge in [0.2, 0.25) is 0 Å². The van der Waals surface area contributed by atoms with Gasteiger partial charge in [0.05, 0.1) is 6.10 Å². The first-order valence-corrected chi connectivity index (χ1v) is 5.36. The predicted octanol–water partition coefficient (Wildman–Crippen LogP) is 3.32. The maximum atomic E-state index is 10.2. The molecular formula is C12H26O. The summed E-state index contributed by atoms with van der Waals surface area (Å²) in [6, 6.07) is 0. The Bertz CT molecular complexity index is 134. The lowest BCUT2D eigenvalue weighted by molar-refractivity contribution is -0.0247. The van der Waals surface area contributed by atoms with Crippen LogP contribution < -0.4 is 0 Å². The van der Waals surface area contributed by atoms with Crippen molar-refractivity contribution >= 4 is 0 Å². The highest BCUT2D eigenvalue weighted by Gasteiger charge is 2.33. The van der Waals surface area contributed by atoms with E-state index in [-0.39, 0.29) is 11.5 Å². The van der Waals surface area contributed by atoms with Gasteiger partial charge in [-0.1, -0.05) is 48.5 Å². The highest BCUT2D eigenvalue weighted by molar-refractivity contribution is 4.83. The van der Waals surface area contributed by atoms with Gasteiger partial charge < -0.3 is 5.11 Å². The quantitative estimate of drug-likeness (QED) is 0.717. The van der Waals surface area contributed by atoms with Crippen molar-refractivity contribution in [1.82, 2.24) is 0 Å². The lowest BCUT2D eigenvalue weighted by Crippen LogP contribution is -2.39. The smallest absolute Gasteiger partial charge is 0.0621 e. The van der Waals surface area contributed by atoms with Crippen LogP contribution in [0.15, 0.2) is 0 Å². The molecule has 0 aliphatic carbocycles. The van der Waals surface area contributed by atoms with Crippen LogP contribution in [0.3, 0.4) is 0 Å². The number of aliphatic hydroxyl groups is 1. The van der Waals surface area contributed by atoms with Crippen LogP contribution in [-0.4, -0.2) is 11.2 Å². The number of rotatable bonds is 3. The Balaban J connectivity index is 4.56. The van der Waals surface area contributed by atoms with Gasteiger partial charge in [0.1, 0.15) is 0 Å². The molecule has 0 aliphatic rings. The average Bonchev–Trinajstić information content (AvgIpc) is 1.82. The van der Waals surface area contributed by atoms with Crippen molar-refractivity contribution in [3.63, 3.8) is 0 Å². The first kappa shape index (κ1) is 13.0. The topological polar surface area (TPSA) is 20.2 Å². The Kier molecular flexibility index (Phi) is 4.44. The SMILES string of the molecule is CC(C)C(C(C)C)C(O)C(C)(C)C. The predicted molar refractivity (Wildman–Crippen MR) is 58.6 cm³/mol. The monoisotopic (exact) mass is 186 g/mol. The maximum absolute atomic E-state index is 10.2. The van der Waals surface area contributed by atoms with Gasteiger partial charge in [-0.2, -0.15) is 0 Å². The summed E-state index contributed by atoms with van der Waals surface area (Å²) in [6.45, 7) is 15.1. The van der Waals surface area contributed by atoms with Crippen LogP contribution in [-0.2, 0) is 0 Å². The molecule has 0 saturated carbocycles. The van der Waals surface area contributed by atoms with Crippen molar-refractivity contribution in [2.24, 2.45) is 23.2 Å². The zero-order valence-corrected chi connectivity index (χ0v) is 10.3. The van der Waals surface area contributed by atoms with E-state index in [0.29, 0.717) is 17.8 Å². The molecule has 0 rings (SSSR count). The first-order chi connectivity index (χ1) is 5.68. The number of aliphatic hydroxyl groups excluding tert-OH is 1. The second kappa shape index (κ2) is 4.45. The van der Waals surface area contributed by atoms with E-state index in [9.17, 15) is 5.11 Å². The molecule has 13 heavy (non-hydrogen) atoms. The third-order valence-electron chi connectivity index (χ3n) is 2.79. The lowest BCUT2D eigenvalue weighted by atomic mass is 9.72. The molecule has 0 bridgehead atoms. The lowest BCUT2D eigenvalue weighted by Gasteiger charge is -2.37. The van der Waals surface area contributed by atoms with Crippen molar-refractivity contribution in [3.05, 3.63) is 0 Å². The average molecular weight is 186 g/mol. The summed E-state index contributed by atoms with van der Waals surface area (Å²) in [5, 5.41) is 10.2. The molecule has 1 heteroatoms. The van der Waals surface area contributed by atoms with Crippen molar-refractivity contribution in [1.29, 1.82) is 0 Å². The molecule has 0 aromatic rings. The highest BCUT2D eigenvalue weighted by atomic mass is 16.3. The highest BCUT2D eigenvalue weighted by Crippen LogP contribution is 2.33. The fourth-order valence-electron chi connectivity index (χ4n) is 2.08. The molecule has 1 N–H and O–H groups in total. The molecule has 0 aromatic carbocycles. The first-order valence-electron chi connectivity index (χ1n) is 5.36. The maximum Gasteiger partial charge on any atom is 0.0621 e. The van der Waals surface area contributed by atoms with E-state index < -0.39 is 0 Å². The van der Waals surface area contributed by atoms with E-state index in [2.05, 4.69) is 48.5 Å². The Hall–Kier alpha value is -0.0400. The second-order valence-electron chi connectivity index (χ2n) is 5.88. The van der Waals surface area contributed by atoms with Crippen LogP contribution in [0, 0.1) is 23.2 Å². The van der Waals surface area contributed by atoms with Crippen molar-refractivity contribution < 1.29 is 5.11 Å². The van der Waals surface area contributed by atoms with E-state index in [1.165, 1.54) is 0 Å². The molecule has 1 nitrogen and oxygen atoms in total. The zero-order chi connectivity index (χ0) is 10.8. The fourth-order valence-corrected chi connectivity index (χ4v) is 2.08. The van der Waals surface area contributed by atoms with Gasteiger partial charge in [0.15, 0.2) is 0 Å². The molecule has 0 aromatic heterocycles. The minimum absolute atomic E-state index is 0.000787. The van der Waals surface area contributed by atoms with E-state index in [1.54, 1.807) is 0 Å². The van der Waals surface area contributed by atoms with Crippen molar-refractivity contribution in [3.8, 4) is 0 Å². The summed E-state index contributed by atoms with van der Waals surface area (Å²) in [6.07, 6.45) is -0.201. The Labute approximate surface area is 83.5 Å². The molecule has 1 unspecified atom stereocenters. The molecular weight excluding hydrogens is 160 g/mol. The third-order valence-corrected chi connectivity index (χ3v) is 2.79. The van der Waals surface area contributed by atoms with Crippen LogP contribution in [0.2, 0.25) is 0 Å². The van der Waals surface area contributed by atoms with Gasteiger partial charge in [-0.25, -0.2) is 0 Å². The molecule has 80 valence electrons. The standard InChI is InChI=1S/C12H26O/c1-8(2)10(9(3)4)11(13)12(5,6)7/h8-11,13H,1-7H3. The number of hydrogen-bond donors (Lipinski definition) is 1. The fraction of sp³-hybridized carbons (Fsp3) is 1.00. The van der Waals surface area contributed by atoms with E-state index in [0.717, 1.165) is 0 Å². The molecule has 0 saturated heterocycles. The summed E-state index contributed by atoms with van der Waals surface area (Å²) in [4.78, 5) is 0. The molecule has 1 atom stereocenters. The zero-order valence-electron chi connectivity index (χ0n) is 10.3. The van der Waals surface area contributed by atoms with Gasteiger partial charge in [-0.3, -0.25) is 0 Å². The largest absolute Gasteiger partial charge is 0.392 e. The van der Waals surface area contributed by atoms with Crippen LogP contribution >= 0.6 is 0 Å². The molecule has 0 fully saturated rings. The Morgan fingerprint density at radius 1 is 0.846 bits per heavy atom. The molecule has 0 aliphatic heterocycles. The Morgan fingerprint density at radius 3 is 1.23 bits per heavy atom. The van der Waals surface area contributed by atoms with Crippen molar-refractivity contribution in [2.45, 2.75) is 54.6 Å². The van der Waals surface area contributed by atoms with Crippen LogP contribution in [0.25, 0.3) is 0 Å². The van der Waals surface area contributed by atoms with E-state index in [4.69, 9.17) is 0 Å². The Morgan fingerprint density at radius 2 is 1.15 bits per heavy atom. The summed E-state index contributed by atoms with van der Waals surface area (Å²) in [5.74, 6) is 1.50. The number of hydrogen-bond acceptors (Lipinski definition) is 1. The van der Waals surface area contributed by atoms with Gasteiger partial charge in [-0.15, -0.1) is 0 Å². The summed E-state index contributed by atoms with van der Waals surface area (Å²) < 4.78 is 0. The van der Waals surface area contributed by atoms with Crippen LogP contribution in [0.4, 0.5) is 0 Å². The van der Waals surface area contributed by atoms with Gasteiger partial charge in [0.25, 0.3) is 0 Å². The van der Waals surface area contributed by atoms with Gasteiger partial charge in [-0.05, 0) is 23.2 Å². The normalized spacial score (nSPS) is 15.9. The molecule has 0 heterocycles. The minimum Gasteiger partial charge on any atom is -0.392 e. The minimum atomic E-state index is -0.201. The molecule has 0 amide bonds. The summed E-state index contributed by atoms with van der Waals surface area (Å²) in [5.41, 5.74) is -0.000787. The summed E-state index contributed by atoms with van der Waals surface area (Å²) >= 11 is 0. The summed E-state index contributed by atoms with van der Waals surface area (Å²) in [7, 11) is 0. The van der Waals surface area contributed by atoms with Crippen molar-refractivity contribution in [2.75, 3.05) is 0 Å². The van der Waals surface area contributed by atoms with Gasteiger partial charge >= 0.3 is 0 Å². The molecule has 0 spiro atoms. The third kappa shape index (κ3) is 3.68.